The van der Waals surface area contributed by atoms with E-state index in [1.807, 2.05) is 43.3 Å². The van der Waals surface area contributed by atoms with Crippen LogP contribution in [0.5, 0.6) is 5.75 Å². The van der Waals surface area contributed by atoms with Gasteiger partial charge in [0, 0.05) is 10.5 Å². The number of aryl methyl sites for hydroxylation is 1. The summed E-state index contributed by atoms with van der Waals surface area (Å²) in [5.41, 5.74) is 1.89. The van der Waals surface area contributed by atoms with E-state index in [0.717, 1.165) is 16.0 Å². The van der Waals surface area contributed by atoms with Gasteiger partial charge < -0.3 is 5.11 Å². The first-order valence-corrected chi connectivity index (χ1v) is 6.65. The van der Waals surface area contributed by atoms with E-state index in [-0.39, 0.29) is 11.5 Å². The number of carbonyl (C=O) groups is 1. The van der Waals surface area contributed by atoms with Gasteiger partial charge in [0.05, 0.1) is 5.75 Å². The normalized spacial score (nSPS) is 10.3. The molecule has 3 heteroatoms. The topological polar surface area (TPSA) is 37.3 Å². The number of ketones is 1. The lowest BCUT2D eigenvalue weighted by Crippen LogP contribution is -2.01. The number of Topliss-reactive ketones (excluding diaryl/α,β-unsaturated/α-hetero) is 1. The van der Waals surface area contributed by atoms with Gasteiger partial charge in [-0.25, -0.2) is 0 Å². The molecule has 0 fully saturated rings. The number of benzene rings is 2. The first kappa shape index (κ1) is 12.7. The van der Waals surface area contributed by atoms with E-state index in [1.165, 1.54) is 11.8 Å². The molecular formula is C15H14O2S. The third kappa shape index (κ3) is 3.37. The number of hydrogen-bond acceptors (Lipinski definition) is 3. The summed E-state index contributed by atoms with van der Waals surface area (Å²) in [6, 6.07) is 14.5. The van der Waals surface area contributed by atoms with Gasteiger partial charge in [-0.2, -0.15) is 0 Å². The van der Waals surface area contributed by atoms with Crippen molar-refractivity contribution in [2.24, 2.45) is 0 Å². The Hall–Kier alpha value is -1.74. The van der Waals surface area contributed by atoms with Gasteiger partial charge in [0.2, 0.25) is 0 Å². The number of aromatic hydroxyl groups is 1. The van der Waals surface area contributed by atoms with E-state index in [2.05, 4.69) is 0 Å². The van der Waals surface area contributed by atoms with Crippen molar-refractivity contribution in [3.8, 4) is 5.75 Å². The van der Waals surface area contributed by atoms with Crippen molar-refractivity contribution >= 4 is 17.5 Å². The predicted octanol–water partition coefficient (Wildman–Crippen LogP) is 3.68. The highest BCUT2D eigenvalue weighted by Crippen LogP contribution is 2.21. The van der Waals surface area contributed by atoms with Gasteiger partial charge in [0.25, 0.3) is 0 Å². The van der Waals surface area contributed by atoms with E-state index in [9.17, 15) is 4.79 Å². The molecule has 0 aromatic heterocycles. The number of phenolic OH excluding ortho intramolecular Hbond substituents is 1. The van der Waals surface area contributed by atoms with Gasteiger partial charge in [0.15, 0.2) is 5.78 Å². The van der Waals surface area contributed by atoms with Crippen LogP contribution in [0, 0.1) is 6.92 Å². The summed E-state index contributed by atoms with van der Waals surface area (Å²) in [5.74, 6) is 0.769. The predicted molar refractivity (Wildman–Crippen MR) is 74.3 cm³/mol. The Balaban J connectivity index is 1.96. The molecule has 0 aliphatic rings. The lowest BCUT2D eigenvalue weighted by atomic mass is 10.1. The zero-order chi connectivity index (χ0) is 13.0. The molecule has 18 heavy (non-hydrogen) atoms. The Morgan fingerprint density at radius 1 is 1.06 bits per heavy atom. The van der Waals surface area contributed by atoms with Crippen molar-refractivity contribution in [1.82, 2.24) is 0 Å². The summed E-state index contributed by atoms with van der Waals surface area (Å²) in [4.78, 5) is 12.9. The minimum absolute atomic E-state index is 0.119. The Bertz CT molecular complexity index is 529. The van der Waals surface area contributed by atoms with E-state index in [4.69, 9.17) is 5.11 Å². The van der Waals surface area contributed by atoms with Crippen molar-refractivity contribution in [2.45, 2.75) is 11.8 Å². The summed E-state index contributed by atoms with van der Waals surface area (Å²) in [7, 11) is 0. The minimum Gasteiger partial charge on any atom is -0.508 e. The van der Waals surface area contributed by atoms with E-state index in [1.54, 1.807) is 12.1 Å². The summed E-state index contributed by atoms with van der Waals surface area (Å²) < 4.78 is 0. The Morgan fingerprint density at radius 2 is 1.67 bits per heavy atom. The molecule has 2 aromatic carbocycles. The van der Waals surface area contributed by atoms with Crippen LogP contribution in [-0.4, -0.2) is 16.6 Å². The number of thioether (sulfide) groups is 1. The first-order chi connectivity index (χ1) is 8.65. The lowest BCUT2D eigenvalue weighted by Gasteiger charge is -2.02. The SMILES string of the molecule is Cc1ccc(C(=O)CSc2ccc(O)cc2)cc1. The van der Waals surface area contributed by atoms with E-state index >= 15 is 0 Å². The zero-order valence-corrected chi connectivity index (χ0v) is 10.9. The van der Waals surface area contributed by atoms with E-state index in [0.29, 0.717) is 5.75 Å². The smallest absolute Gasteiger partial charge is 0.173 e. The van der Waals surface area contributed by atoms with Crippen LogP contribution in [0.4, 0.5) is 0 Å². The van der Waals surface area contributed by atoms with Crippen molar-refractivity contribution in [1.29, 1.82) is 0 Å². The molecule has 2 rings (SSSR count). The molecule has 0 aliphatic heterocycles. The average molecular weight is 258 g/mol. The summed E-state index contributed by atoms with van der Waals surface area (Å²) in [5, 5.41) is 9.16. The molecule has 0 amide bonds. The fraction of sp³-hybridized carbons (Fsp3) is 0.133. The number of rotatable bonds is 4. The highest BCUT2D eigenvalue weighted by atomic mass is 32.2. The number of hydrogen-bond donors (Lipinski definition) is 1. The molecule has 0 spiro atoms. The summed E-state index contributed by atoms with van der Waals surface area (Å²) in [6.45, 7) is 2.00. The molecule has 0 unspecified atom stereocenters. The fourth-order valence-corrected chi connectivity index (χ4v) is 2.31. The molecule has 1 N–H and O–H groups in total. The second-order valence-electron chi connectivity index (χ2n) is 4.07. The van der Waals surface area contributed by atoms with Gasteiger partial charge in [0.1, 0.15) is 5.75 Å². The molecule has 0 radical (unpaired) electrons. The Labute approximate surface area is 111 Å². The van der Waals surface area contributed by atoms with E-state index < -0.39 is 0 Å². The molecule has 0 atom stereocenters. The Morgan fingerprint density at radius 3 is 2.28 bits per heavy atom. The third-order valence-electron chi connectivity index (χ3n) is 2.58. The molecule has 0 saturated carbocycles. The lowest BCUT2D eigenvalue weighted by molar-refractivity contribution is 0.102. The molecule has 2 nitrogen and oxygen atoms in total. The van der Waals surface area contributed by atoms with Crippen LogP contribution in [0.1, 0.15) is 15.9 Å². The Kier molecular flexibility index (Phi) is 4.05. The maximum absolute atomic E-state index is 11.9. The molecular weight excluding hydrogens is 244 g/mol. The highest BCUT2D eigenvalue weighted by molar-refractivity contribution is 8.00. The monoisotopic (exact) mass is 258 g/mol. The highest BCUT2D eigenvalue weighted by Gasteiger charge is 2.06. The van der Waals surface area contributed by atoms with Crippen molar-refractivity contribution < 1.29 is 9.90 Å². The van der Waals surface area contributed by atoms with Crippen LogP contribution in [0.3, 0.4) is 0 Å². The minimum atomic E-state index is 0.119. The maximum Gasteiger partial charge on any atom is 0.173 e. The summed E-state index contributed by atoms with van der Waals surface area (Å²) >= 11 is 1.48. The number of phenols is 1. The van der Waals surface area contributed by atoms with Gasteiger partial charge in [-0.05, 0) is 31.2 Å². The number of carbonyl (C=O) groups excluding carboxylic acids is 1. The quantitative estimate of drug-likeness (QED) is 0.671. The van der Waals surface area contributed by atoms with Gasteiger partial charge in [-0.3, -0.25) is 4.79 Å². The van der Waals surface area contributed by atoms with Crippen LogP contribution >= 0.6 is 11.8 Å². The molecule has 92 valence electrons. The second-order valence-corrected chi connectivity index (χ2v) is 5.12. The fourth-order valence-electron chi connectivity index (χ4n) is 1.51. The molecule has 0 aliphatic carbocycles. The molecule has 0 heterocycles. The van der Waals surface area contributed by atoms with Crippen LogP contribution in [0.15, 0.2) is 53.4 Å². The van der Waals surface area contributed by atoms with Crippen LogP contribution < -0.4 is 0 Å². The third-order valence-corrected chi connectivity index (χ3v) is 3.59. The van der Waals surface area contributed by atoms with Crippen LogP contribution in [0.25, 0.3) is 0 Å². The van der Waals surface area contributed by atoms with Gasteiger partial charge in [-0.1, -0.05) is 29.8 Å². The summed E-state index contributed by atoms with van der Waals surface area (Å²) in [6.07, 6.45) is 0. The van der Waals surface area contributed by atoms with Crippen molar-refractivity contribution in [3.05, 3.63) is 59.7 Å². The van der Waals surface area contributed by atoms with Gasteiger partial charge in [-0.15, -0.1) is 11.8 Å². The van der Waals surface area contributed by atoms with Crippen LogP contribution in [0.2, 0.25) is 0 Å². The zero-order valence-electron chi connectivity index (χ0n) is 10.1. The average Bonchev–Trinajstić information content (AvgIpc) is 2.38. The maximum atomic E-state index is 11.9. The van der Waals surface area contributed by atoms with Gasteiger partial charge >= 0.3 is 0 Å². The largest absolute Gasteiger partial charge is 0.508 e. The van der Waals surface area contributed by atoms with Crippen LogP contribution in [-0.2, 0) is 0 Å². The molecule has 0 saturated heterocycles. The molecule has 0 bridgehead atoms. The molecule has 2 aromatic rings. The van der Waals surface area contributed by atoms with Crippen molar-refractivity contribution in [3.63, 3.8) is 0 Å². The standard InChI is InChI=1S/C15H14O2S/c1-11-2-4-12(5-3-11)15(17)10-18-14-8-6-13(16)7-9-14/h2-9,16H,10H2,1H3. The van der Waals surface area contributed by atoms with Crippen molar-refractivity contribution in [2.75, 3.05) is 5.75 Å². The first-order valence-electron chi connectivity index (χ1n) is 5.67. The second kappa shape index (κ2) is 5.74.